The molecular weight excluding hydrogens is 306 g/mol. The van der Waals surface area contributed by atoms with Crippen molar-refractivity contribution in [3.05, 3.63) is 34.3 Å². The third kappa shape index (κ3) is 4.39. The summed E-state index contributed by atoms with van der Waals surface area (Å²) in [6.07, 6.45) is 1.50. The fourth-order valence-corrected chi connectivity index (χ4v) is 2.21. The summed E-state index contributed by atoms with van der Waals surface area (Å²) in [5.74, 6) is 0. The molecule has 0 saturated carbocycles. The minimum absolute atomic E-state index is 0.0238. The van der Waals surface area contributed by atoms with Gasteiger partial charge >= 0.3 is 0 Å². The zero-order chi connectivity index (χ0) is 13.1. The Morgan fingerprint density at radius 2 is 1.88 bits per heavy atom. The van der Waals surface area contributed by atoms with Crippen molar-refractivity contribution in [3.8, 4) is 0 Å². The Labute approximate surface area is 110 Å². The topological polar surface area (TPSA) is 66.4 Å². The molecule has 0 heterocycles. The van der Waals surface area contributed by atoms with Crippen LogP contribution in [0.4, 0.5) is 0 Å². The number of rotatable bonds is 5. The summed E-state index contributed by atoms with van der Waals surface area (Å²) in [4.78, 5) is 0. The van der Waals surface area contributed by atoms with Crippen LogP contribution in [-0.4, -0.2) is 26.3 Å². The minimum Gasteiger partial charge on any atom is -0.384 e. The predicted molar refractivity (Wildman–Crippen MR) is 71.2 cm³/mol. The van der Waals surface area contributed by atoms with E-state index in [0.29, 0.717) is 12.0 Å². The summed E-state index contributed by atoms with van der Waals surface area (Å²) in [5, 5.41) is 10.4. The largest absolute Gasteiger partial charge is 0.384 e. The Morgan fingerprint density at radius 3 is 2.29 bits per heavy atom. The average molecular weight is 322 g/mol. The number of benzene rings is 1. The number of hydrogen-bond donors (Lipinski definition) is 2. The molecular formula is C11H16BrNO3S. The van der Waals surface area contributed by atoms with Gasteiger partial charge in [0.05, 0.1) is 6.26 Å². The quantitative estimate of drug-likeness (QED) is 0.865. The van der Waals surface area contributed by atoms with Gasteiger partial charge in [-0.05, 0) is 24.1 Å². The van der Waals surface area contributed by atoms with Crippen LogP contribution in [-0.2, 0) is 15.6 Å². The Bertz CT molecular complexity index is 472. The lowest BCUT2D eigenvalue weighted by Crippen LogP contribution is -2.39. The summed E-state index contributed by atoms with van der Waals surface area (Å²) in [6.45, 7) is 1.79. The van der Waals surface area contributed by atoms with Gasteiger partial charge in [0.1, 0.15) is 5.60 Å². The lowest BCUT2D eigenvalue weighted by molar-refractivity contribution is 0.0380. The molecule has 0 unspecified atom stereocenters. The maximum Gasteiger partial charge on any atom is 0.208 e. The first kappa shape index (κ1) is 14.6. The highest BCUT2D eigenvalue weighted by Gasteiger charge is 2.28. The van der Waals surface area contributed by atoms with Crippen LogP contribution in [0.5, 0.6) is 0 Å². The summed E-state index contributed by atoms with van der Waals surface area (Å²) >= 11 is 3.31. The molecule has 0 aliphatic carbocycles. The SMILES string of the molecule is CC[C@@](O)(CNS(C)(=O)=O)c1ccc(Br)cc1. The first-order valence-electron chi connectivity index (χ1n) is 5.20. The molecule has 0 amide bonds. The van der Waals surface area contributed by atoms with E-state index in [4.69, 9.17) is 0 Å². The van der Waals surface area contributed by atoms with E-state index in [2.05, 4.69) is 20.7 Å². The number of sulfonamides is 1. The second kappa shape index (κ2) is 5.48. The van der Waals surface area contributed by atoms with Gasteiger partial charge in [0.15, 0.2) is 0 Å². The molecule has 0 bridgehead atoms. The summed E-state index contributed by atoms with van der Waals surface area (Å²) < 4.78 is 25.3. The van der Waals surface area contributed by atoms with Crippen molar-refractivity contribution in [3.63, 3.8) is 0 Å². The summed E-state index contributed by atoms with van der Waals surface area (Å²) in [7, 11) is -3.30. The molecule has 0 aromatic heterocycles. The molecule has 0 saturated heterocycles. The first-order valence-corrected chi connectivity index (χ1v) is 7.88. The second-order valence-electron chi connectivity index (χ2n) is 3.99. The number of hydrogen-bond acceptors (Lipinski definition) is 3. The van der Waals surface area contributed by atoms with E-state index in [1.165, 1.54) is 0 Å². The highest BCUT2D eigenvalue weighted by molar-refractivity contribution is 9.10. The van der Waals surface area contributed by atoms with E-state index in [1.54, 1.807) is 12.1 Å². The third-order valence-electron chi connectivity index (χ3n) is 2.59. The zero-order valence-corrected chi connectivity index (χ0v) is 12.2. The lowest BCUT2D eigenvalue weighted by atomic mass is 9.91. The average Bonchev–Trinajstić information content (AvgIpc) is 2.26. The molecule has 6 heteroatoms. The molecule has 1 atom stereocenters. The molecule has 1 aromatic rings. The zero-order valence-electron chi connectivity index (χ0n) is 9.77. The van der Waals surface area contributed by atoms with Crippen LogP contribution in [0.15, 0.2) is 28.7 Å². The molecule has 0 radical (unpaired) electrons. The number of nitrogens with one attached hydrogen (secondary N) is 1. The van der Waals surface area contributed by atoms with E-state index in [0.717, 1.165) is 10.7 Å². The van der Waals surface area contributed by atoms with Crippen LogP contribution in [0, 0.1) is 0 Å². The molecule has 4 nitrogen and oxygen atoms in total. The second-order valence-corrected chi connectivity index (χ2v) is 6.73. The fourth-order valence-electron chi connectivity index (χ4n) is 1.44. The maximum absolute atomic E-state index is 11.0. The van der Waals surface area contributed by atoms with Gasteiger partial charge in [-0.3, -0.25) is 0 Å². The molecule has 0 spiro atoms. The molecule has 1 rings (SSSR count). The van der Waals surface area contributed by atoms with E-state index < -0.39 is 15.6 Å². The normalized spacial score (nSPS) is 15.5. The highest BCUT2D eigenvalue weighted by atomic mass is 79.9. The molecule has 0 aliphatic rings. The molecule has 1 aromatic carbocycles. The fraction of sp³-hybridized carbons (Fsp3) is 0.455. The van der Waals surface area contributed by atoms with Crippen LogP contribution in [0.2, 0.25) is 0 Å². The van der Waals surface area contributed by atoms with Crippen LogP contribution < -0.4 is 4.72 Å². The van der Waals surface area contributed by atoms with Crippen molar-refractivity contribution in [1.82, 2.24) is 4.72 Å². The van der Waals surface area contributed by atoms with Crippen LogP contribution >= 0.6 is 15.9 Å². The van der Waals surface area contributed by atoms with Crippen molar-refractivity contribution >= 4 is 26.0 Å². The van der Waals surface area contributed by atoms with Crippen LogP contribution in [0.3, 0.4) is 0 Å². The Kier molecular flexibility index (Phi) is 4.71. The monoisotopic (exact) mass is 321 g/mol. The Balaban J connectivity index is 2.91. The van der Waals surface area contributed by atoms with Crippen molar-refractivity contribution in [2.45, 2.75) is 18.9 Å². The summed E-state index contributed by atoms with van der Waals surface area (Å²) in [6, 6.07) is 7.18. The standard InChI is InChI=1S/C11H16BrNO3S/c1-3-11(14,8-13-17(2,15)16)9-4-6-10(12)7-5-9/h4-7,13-14H,3,8H2,1-2H3/t11-/m1/s1. The predicted octanol–water partition coefficient (Wildman–Crippen LogP) is 1.60. The van der Waals surface area contributed by atoms with E-state index in [9.17, 15) is 13.5 Å². The van der Waals surface area contributed by atoms with Crippen molar-refractivity contribution in [2.75, 3.05) is 12.8 Å². The van der Waals surface area contributed by atoms with Gasteiger partial charge in [0.25, 0.3) is 0 Å². The molecule has 96 valence electrons. The van der Waals surface area contributed by atoms with Gasteiger partial charge in [0, 0.05) is 11.0 Å². The minimum atomic E-state index is -3.30. The third-order valence-corrected chi connectivity index (χ3v) is 3.79. The van der Waals surface area contributed by atoms with E-state index >= 15 is 0 Å². The van der Waals surface area contributed by atoms with Gasteiger partial charge in [-0.1, -0.05) is 35.0 Å². The van der Waals surface area contributed by atoms with Crippen molar-refractivity contribution < 1.29 is 13.5 Å². The van der Waals surface area contributed by atoms with Crippen molar-refractivity contribution in [2.24, 2.45) is 0 Å². The Morgan fingerprint density at radius 1 is 1.35 bits per heavy atom. The molecule has 2 N–H and O–H groups in total. The van der Waals surface area contributed by atoms with Crippen LogP contribution in [0.25, 0.3) is 0 Å². The maximum atomic E-state index is 11.0. The lowest BCUT2D eigenvalue weighted by Gasteiger charge is -2.27. The van der Waals surface area contributed by atoms with Gasteiger partial charge < -0.3 is 5.11 Å². The van der Waals surface area contributed by atoms with Crippen molar-refractivity contribution in [1.29, 1.82) is 0 Å². The highest BCUT2D eigenvalue weighted by Crippen LogP contribution is 2.25. The van der Waals surface area contributed by atoms with Gasteiger partial charge in [-0.15, -0.1) is 0 Å². The smallest absolute Gasteiger partial charge is 0.208 e. The number of halogens is 1. The number of aliphatic hydroxyl groups is 1. The van der Waals surface area contributed by atoms with Gasteiger partial charge in [-0.2, -0.15) is 0 Å². The molecule has 0 fully saturated rings. The summed E-state index contributed by atoms with van der Waals surface area (Å²) in [5.41, 5.74) is -0.483. The van der Waals surface area contributed by atoms with E-state index in [1.807, 2.05) is 19.1 Å². The van der Waals surface area contributed by atoms with Gasteiger partial charge in [0.2, 0.25) is 10.0 Å². The molecule has 0 aliphatic heterocycles. The first-order chi connectivity index (χ1) is 7.77. The van der Waals surface area contributed by atoms with Crippen LogP contribution in [0.1, 0.15) is 18.9 Å². The molecule has 17 heavy (non-hydrogen) atoms. The van der Waals surface area contributed by atoms with Gasteiger partial charge in [-0.25, -0.2) is 13.1 Å². The Hall–Kier alpha value is -0.430. The van der Waals surface area contributed by atoms with E-state index in [-0.39, 0.29) is 6.54 Å².